The Morgan fingerprint density at radius 2 is 1.88 bits per heavy atom. The molecule has 0 spiro atoms. The molecule has 2 N–H and O–H groups in total. The van der Waals surface area contributed by atoms with Crippen molar-refractivity contribution in [3.05, 3.63) is 30.1 Å². The van der Waals surface area contributed by atoms with Gasteiger partial charge in [0.05, 0.1) is 11.9 Å². The molecule has 2 aromatic rings. The highest BCUT2D eigenvalue weighted by Crippen LogP contribution is 2.35. The number of halogens is 3. The number of benzene rings is 1. The zero-order valence-electron chi connectivity index (χ0n) is 15.1. The highest BCUT2D eigenvalue weighted by atomic mass is 19.4. The third-order valence-electron chi connectivity index (χ3n) is 5.15. The molecule has 7 heteroatoms. The number of fused-ring (bicyclic) bond motifs is 1. The van der Waals surface area contributed by atoms with Crippen LogP contribution in [-0.4, -0.2) is 34.3 Å². The number of nitrogens with zero attached hydrogens (tertiary/aromatic N) is 3. The topological polar surface area (TPSA) is 55.0 Å². The Bertz CT molecular complexity index is 754. The third-order valence-corrected chi connectivity index (χ3v) is 5.15. The molecule has 0 unspecified atom stereocenters. The predicted molar refractivity (Wildman–Crippen MR) is 97.1 cm³/mol. The molecule has 1 fully saturated rings. The van der Waals surface area contributed by atoms with E-state index in [1.807, 2.05) is 30.0 Å². The zero-order valence-corrected chi connectivity index (χ0v) is 15.1. The van der Waals surface area contributed by atoms with Crippen LogP contribution in [0.2, 0.25) is 0 Å². The molecule has 1 aromatic heterocycles. The van der Waals surface area contributed by atoms with E-state index >= 15 is 0 Å². The minimum Gasteiger partial charge on any atom is -0.350 e. The van der Waals surface area contributed by atoms with Crippen molar-refractivity contribution < 1.29 is 13.2 Å². The van der Waals surface area contributed by atoms with Crippen molar-refractivity contribution in [1.29, 1.82) is 0 Å². The molecule has 1 aliphatic rings. The molecule has 1 atom stereocenters. The Morgan fingerprint density at radius 1 is 1.19 bits per heavy atom. The van der Waals surface area contributed by atoms with Gasteiger partial charge in [0, 0.05) is 23.5 Å². The highest BCUT2D eigenvalue weighted by Gasteiger charge is 2.37. The van der Waals surface area contributed by atoms with Crippen LogP contribution >= 0.6 is 0 Å². The number of rotatable bonds is 4. The standard InChI is InChI=1S/C19H25F3N4/c1-12-3-8-17-16(9-12)18(25-11-24-17)26(13(2)10-19(20,21)22)15-6-4-14(23)5-7-15/h3,8-9,11,13-15H,4-7,10,23H2,1-2H3/t13-,14?,15?/m0/s1. The van der Waals surface area contributed by atoms with Gasteiger partial charge < -0.3 is 10.6 Å². The molecule has 0 bridgehead atoms. The number of alkyl halides is 3. The molecule has 1 aliphatic carbocycles. The number of hydrogen-bond donors (Lipinski definition) is 1. The van der Waals surface area contributed by atoms with Crippen molar-refractivity contribution in [2.75, 3.05) is 4.90 Å². The molecule has 1 heterocycles. The van der Waals surface area contributed by atoms with Gasteiger partial charge in [0.1, 0.15) is 12.1 Å². The first-order chi connectivity index (χ1) is 12.2. The van der Waals surface area contributed by atoms with E-state index < -0.39 is 18.6 Å². The molecular formula is C19H25F3N4. The Morgan fingerprint density at radius 3 is 2.54 bits per heavy atom. The summed E-state index contributed by atoms with van der Waals surface area (Å²) in [6.45, 7) is 3.59. The summed E-state index contributed by atoms with van der Waals surface area (Å²) in [5.41, 5.74) is 7.78. The number of aryl methyl sites for hydroxylation is 1. The van der Waals surface area contributed by atoms with Crippen molar-refractivity contribution in [2.45, 2.75) is 70.3 Å². The molecule has 4 nitrogen and oxygen atoms in total. The summed E-state index contributed by atoms with van der Waals surface area (Å²) in [6, 6.07) is 5.22. The zero-order chi connectivity index (χ0) is 18.9. The first-order valence-corrected chi connectivity index (χ1v) is 9.06. The van der Waals surface area contributed by atoms with Gasteiger partial charge in [-0.1, -0.05) is 11.6 Å². The van der Waals surface area contributed by atoms with Gasteiger partial charge in [-0.25, -0.2) is 9.97 Å². The van der Waals surface area contributed by atoms with Gasteiger partial charge in [0.2, 0.25) is 0 Å². The molecule has 3 rings (SSSR count). The molecule has 0 radical (unpaired) electrons. The summed E-state index contributed by atoms with van der Waals surface area (Å²) in [4.78, 5) is 10.6. The van der Waals surface area contributed by atoms with Gasteiger partial charge in [-0.2, -0.15) is 13.2 Å². The van der Waals surface area contributed by atoms with Crippen molar-refractivity contribution in [3.8, 4) is 0 Å². The van der Waals surface area contributed by atoms with E-state index in [0.29, 0.717) is 5.82 Å². The van der Waals surface area contributed by atoms with Crippen LogP contribution < -0.4 is 10.6 Å². The second kappa shape index (κ2) is 7.39. The second-order valence-electron chi connectivity index (χ2n) is 7.36. The van der Waals surface area contributed by atoms with E-state index in [2.05, 4.69) is 9.97 Å². The van der Waals surface area contributed by atoms with Crippen LogP contribution in [0.5, 0.6) is 0 Å². The maximum absolute atomic E-state index is 13.1. The van der Waals surface area contributed by atoms with E-state index in [0.717, 1.165) is 42.1 Å². The summed E-state index contributed by atoms with van der Waals surface area (Å²) < 4.78 is 39.3. The lowest BCUT2D eigenvalue weighted by Crippen LogP contribution is -2.47. The van der Waals surface area contributed by atoms with Crippen LogP contribution in [0.1, 0.15) is 44.6 Å². The van der Waals surface area contributed by atoms with Crippen LogP contribution in [0.25, 0.3) is 10.9 Å². The predicted octanol–water partition coefficient (Wildman–Crippen LogP) is 4.36. The maximum Gasteiger partial charge on any atom is 0.391 e. The van der Waals surface area contributed by atoms with Crippen LogP contribution in [0.3, 0.4) is 0 Å². The largest absolute Gasteiger partial charge is 0.391 e. The SMILES string of the molecule is Cc1ccc2ncnc(N(C3CCC(N)CC3)[C@@H](C)CC(F)(F)F)c2c1. The van der Waals surface area contributed by atoms with Gasteiger partial charge in [-0.15, -0.1) is 0 Å². The molecule has 0 aliphatic heterocycles. The number of nitrogens with two attached hydrogens (primary N) is 1. The molecule has 0 amide bonds. The Hall–Kier alpha value is -1.89. The van der Waals surface area contributed by atoms with Gasteiger partial charge in [-0.05, 0) is 51.7 Å². The highest BCUT2D eigenvalue weighted by molar-refractivity contribution is 5.90. The summed E-state index contributed by atoms with van der Waals surface area (Å²) in [5, 5.41) is 0.802. The lowest BCUT2D eigenvalue weighted by atomic mass is 9.89. The van der Waals surface area contributed by atoms with Gasteiger partial charge in [-0.3, -0.25) is 0 Å². The van der Waals surface area contributed by atoms with Crippen molar-refractivity contribution >= 4 is 16.7 Å². The van der Waals surface area contributed by atoms with E-state index in [-0.39, 0.29) is 12.1 Å². The summed E-state index contributed by atoms with van der Waals surface area (Å²) >= 11 is 0. The Kier molecular flexibility index (Phi) is 5.37. The van der Waals surface area contributed by atoms with Crippen LogP contribution in [0.15, 0.2) is 24.5 Å². The number of anilines is 1. The van der Waals surface area contributed by atoms with Crippen molar-refractivity contribution in [2.24, 2.45) is 5.73 Å². The third kappa shape index (κ3) is 4.26. The Labute approximate surface area is 151 Å². The first kappa shape index (κ1) is 18.9. The minimum absolute atomic E-state index is 0.00534. The molecule has 1 saturated carbocycles. The quantitative estimate of drug-likeness (QED) is 0.874. The number of hydrogen-bond acceptors (Lipinski definition) is 4. The summed E-state index contributed by atoms with van der Waals surface area (Å²) in [5.74, 6) is 0.593. The van der Waals surface area contributed by atoms with Crippen molar-refractivity contribution in [3.63, 3.8) is 0 Å². The molecule has 1 aromatic carbocycles. The van der Waals surface area contributed by atoms with E-state index in [4.69, 9.17) is 5.73 Å². The van der Waals surface area contributed by atoms with Gasteiger partial charge in [0.15, 0.2) is 0 Å². The lowest BCUT2D eigenvalue weighted by molar-refractivity contribution is -0.137. The van der Waals surface area contributed by atoms with Crippen LogP contribution in [-0.2, 0) is 0 Å². The Balaban J connectivity index is 2.04. The maximum atomic E-state index is 13.1. The summed E-state index contributed by atoms with van der Waals surface area (Å²) in [6.07, 6.45) is -0.450. The second-order valence-corrected chi connectivity index (χ2v) is 7.36. The first-order valence-electron chi connectivity index (χ1n) is 9.06. The fraction of sp³-hybridized carbons (Fsp3) is 0.579. The molecule has 0 saturated heterocycles. The van der Waals surface area contributed by atoms with Crippen molar-refractivity contribution in [1.82, 2.24) is 9.97 Å². The number of aromatic nitrogens is 2. The van der Waals surface area contributed by atoms with E-state index in [1.54, 1.807) is 6.92 Å². The van der Waals surface area contributed by atoms with E-state index in [1.165, 1.54) is 6.33 Å². The van der Waals surface area contributed by atoms with Crippen LogP contribution in [0, 0.1) is 6.92 Å². The van der Waals surface area contributed by atoms with Gasteiger partial charge >= 0.3 is 6.18 Å². The monoisotopic (exact) mass is 366 g/mol. The fourth-order valence-corrected chi connectivity index (χ4v) is 3.92. The fourth-order valence-electron chi connectivity index (χ4n) is 3.92. The minimum atomic E-state index is -4.22. The average Bonchev–Trinajstić information content (AvgIpc) is 2.55. The molecular weight excluding hydrogens is 341 g/mol. The average molecular weight is 366 g/mol. The summed E-state index contributed by atoms with van der Waals surface area (Å²) in [7, 11) is 0. The van der Waals surface area contributed by atoms with Crippen LogP contribution in [0.4, 0.5) is 19.0 Å². The lowest BCUT2D eigenvalue weighted by Gasteiger charge is -2.41. The van der Waals surface area contributed by atoms with Gasteiger partial charge in [0.25, 0.3) is 0 Å². The van der Waals surface area contributed by atoms with E-state index in [9.17, 15) is 13.2 Å². The smallest absolute Gasteiger partial charge is 0.350 e. The normalized spacial score (nSPS) is 22.4. The molecule has 26 heavy (non-hydrogen) atoms. The molecule has 142 valence electrons.